The lowest BCUT2D eigenvalue weighted by molar-refractivity contribution is -0.150. The van der Waals surface area contributed by atoms with E-state index in [1.807, 2.05) is 0 Å². The molecule has 0 aromatic carbocycles. The van der Waals surface area contributed by atoms with E-state index in [1.165, 1.54) is 0 Å². The molecule has 2 fully saturated rings. The molecule has 0 aromatic rings. The van der Waals surface area contributed by atoms with Crippen molar-refractivity contribution in [3.8, 4) is 0 Å². The van der Waals surface area contributed by atoms with Crippen LogP contribution in [0.2, 0.25) is 0 Å². The highest BCUT2D eigenvalue weighted by atomic mass is 16.5. The Morgan fingerprint density at radius 1 is 1.50 bits per heavy atom. The molecule has 4 nitrogen and oxygen atoms in total. The Morgan fingerprint density at radius 2 is 2.33 bits per heavy atom. The molecule has 0 aromatic heterocycles. The van der Waals surface area contributed by atoms with Crippen LogP contribution >= 0.6 is 0 Å². The summed E-state index contributed by atoms with van der Waals surface area (Å²) in [6, 6.07) is 0. The van der Waals surface area contributed by atoms with E-state index >= 15 is 0 Å². The van der Waals surface area contributed by atoms with Crippen molar-refractivity contribution in [1.82, 2.24) is 4.90 Å². The molecular weight excluding hydrogens is 230 g/mol. The van der Waals surface area contributed by atoms with Gasteiger partial charge in [-0.2, -0.15) is 0 Å². The molecule has 104 valence electrons. The van der Waals surface area contributed by atoms with Gasteiger partial charge in [0.1, 0.15) is 5.54 Å². The van der Waals surface area contributed by atoms with Gasteiger partial charge in [-0.15, -0.1) is 0 Å². The Balaban J connectivity index is 1.93. The molecule has 0 bridgehead atoms. The fraction of sp³-hybridized carbons (Fsp3) is 0.929. The fourth-order valence-corrected chi connectivity index (χ4v) is 3.48. The summed E-state index contributed by atoms with van der Waals surface area (Å²) in [6.45, 7) is 4.75. The second-order valence-electron chi connectivity index (χ2n) is 5.60. The Hall–Kier alpha value is -0.610. The average molecular weight is 255 g/mol. The van der Waals surface area contributed by atoms with Crippen LogP contribution in [0.4, 0.5) is 0 Å². The molecule has 2 rings (SSSR count). The van der Waals surface area contributed by atoms with Crippen LogP contribution < -0.4 is 0 Å². The Bertz CT molecular complexity index is 289. The van der Waals surface area contributed by atoms with Gasteiger partial charge in [-0.3, -0.25) is 9.69 Å². The van der Waals surface area contributed by atoms with E-state index in [2.05, 4.69) is 11.8 Å². The molecule has 2 unspecified atom stereocenters. The van der Waals surface area contributed by atoms with E-state index in [4.69, 9.17) is 4.74 Å². The van der Waals surface area contributed by atoms with Crippen LogP contribution in [-0.2, 0) is 9.53 Å². The predicted molar refractivity (Wildman–Crippen MR) is 69.7 cm³/mol. The molecule has 0 aliphatic carbocycles. The van der Waals surface area contributed by atoms with Gasteiger partial charge in [0.25, 0.3) is 0 Å². The van der Waals surface area contributed by atoms with Crippen molar-refractivity contribution in [1.29, 1.82) is 0 Å². The van der Waals surface area contributed by atoms with Gasteiger partial charge in [0.2, 0.25) is 0 Å². The van der Waals surface area contributed by atoms with E-state index in [0.29, 0.717) is 6.10 Å². The van der Waals surface area contributed by atoms with Crippen molar-refractivity contribution in [2.75, 3.05) is 19.7 Å². The zero-order chi connectivity index (χ0) is 13.0. The molecule has 2 heterocycles. The Labute approximate surface area is 109 Å². The van der Waals surface area contributed by atoms with Crippen LogP contribution in [0, 0.1) is 0 Å². The zero-order valence-corrected chi connectivity index (χ0v) is 11.4. The number of likely N-dealkylation sites (tertiary alicyclic amines) is 1. The first-order chi connectivity index (χ1) is 8.69. The summed E-state index contributed by atoms with van der Waals surface area (Å²) in [7, 11) is 0. The van der Waals surface area contributed by atoms with E-state index in [-0.39, 0.29) is 0 Å². The topological polar surface area (TPSA) is 49.8 Å². The molecule has 0 radical (unpaired) electrons. The van der Waals surface area contributed by atoms with E-state index in [9.17, 15) is 9.90 Å². The molecule has 18 heavy (non-hydrogen) atoms. The van der Waals surface area contributed by atoms with Gasteiger partial charge < -0.3 is 9.84 Å². The molecule has 0 saturated carbocycles. The SMILES string of the molecule is CCCC1(C(=O)O)CCCN1CCC1CCCO1. The van der Waals surface area contributed by atoms with Gasteiger partial charge in [-0.05, 0) is 45.1 Å². The molecule has 2 saturated heterocycles. The molecule has 2 aliphatic rings. The van der Waals surface area contributed by atoms with Crippen LogP contribution in [-0.4, -0.2) is 47.3 Å². The lowest BCUT2D eigenvalue weighted by Crippen LogP contribution is -2.51. The van der Waals surface area contributed by atoms with Crippen molar-refractivity contribution < 1.29 is 14.6 Å². The number of aliphatic carboxylic acids is 1. The van der Waals surface area contributed by atoms with Gasteiger partial charge >= 0.3 is 5.97 Å². The van der Waals surface area contributed by atoms with Crippen molar-refractivity contribution >= 4 is 5.97 Å². The van der Waals surface area contributed by atoms with Crippen LogP contribution in [0.15, 0.2) is 0 Å². The first kappa shape index (κ1) is 13.8. The van der Waals surface area contributed by atoms with Gasteiger partial charge in [0.15, 0.2) is 0 Å². The second kappa shape index (κ2) is 6.02. The maximum absolute atomic E-state index is 11.6. The van der Waals surface area contributed by atoms with Crippen molar-refractivity contribution in [2.45, 2.75) is 63.5 Å². The minimum atomic E-state index is -0.630. The Morgan fingerprint density at radius 3 is 2.94 bits per heavy atom. The van der Waals surface area contributed by atoms with Crippen LogP contribution in [0.1, 0.15) is 51.9 Å². The van der Waals surface area contributed by atoms with Crippen molar-refractivity contribution in [3.63, 3.8) is 0 Å². The second-order valence-corrected chi connectivity index (χ2v) is 5.60. The Kier molecular flexibility index (Phi) is 4.62. The molecule has 2 atom stereocenters. The summed E-state index contributed by atoms with van der Waals surface area (Å²) in [5.74, 6) is -0.630. The minimum absolute atomic E-state index is 0.360. The summed E-state index contributed by atoms with van der Waals surface area (Å²) in [5.41, 5.74) is -0.590. The summed E-state index contributed by atoms with van der Waals surface area (Å²) < 4.78 is 5.63. The van der Waals surface area contributed by atoms with Crippen LogP contribution in [0.25, 0.3) is 0 Å². The molecular formula is C14H25NO3. The number of hydrogen-bond acceptors (Lipinski definition) is 3. The number of carboxylic acids is 1. The third-order valence-electron chi connectivity index (χ3n) is 4.43. The lowest BCUT2D eigenvalue weighted by Gasteiger charge is -2.35. The van der Waals surface area contributed by atoms with Crippen molar-refractivity contribution in [2.24, 2.45) is 0 Å². The molecule has 0 spiro atoms. The summed E-state index contributed by atoms with van der Waals surface area (Å²) in [6.07, 6.45) is 7.17. The maximum atomic E-state index is 11.6. The standard InChI is InChI=1S/C14H25NO3/c1-2-7-14(13(16)17)8-4-9-15(14)10-6-12-5-3-11-18-12/h12H,2-11H2,1H3,(H,16,17). The quantitative estimate of drug-likeness (QED) is 0.791. The third kappa shape index (κ3) is 2.69. The number of nitrogens with zero attached hydrogens (tertiary/aromatic N) is 1. The predicted octanol–water partition coefficient (Wildman–Crippen LogP) is 2.27. The monoisotopic (exact) mass is 255 g/mol. The number of rotatable bonds is 6. The van der Waals surface area contributed by atoms with Gasteiger partial charge in [0.05, 0.1) is 6.10 Å². The maximum Gasteiger partial charge on any atom is 0.324 e. The highest BCUT2D eigenvalue weighted by molar-refractivity contribution is 5.79. The van der Waals surface area contributed by atoms with Crippen molar-refractivity contribution in [3.05, 3.63) is 0 Å². The molecule has 1 N–H and O–H groups in total. The number of carboxylic acid groups (broad SMARTS) is 1. The van der Waals surface area contributed by atoms with Crippen LogP contribution in [0.3, 0.4) is 0 Å². The van der Waals surface area contributed by atoms with Crippen LogP contribution in [0.5, 0.6) is 0 Å². The zero-order valence-electron chi connectivity index (χ0n) is 11.4. The van der Waals surface area contributed by atoms with E-state index in [1.54, 1.807) is 0 Å². The van der Waals surface area contributed by atoms with E-state index in [0.717, 1.165) is 64.6 Å². The van der Waals surface area contributed by atoms with Gasteiger partial charge in [0, 0.05) is 13.2 Å². The largest absolute Gasteiger partial charge is 0.480 e. The van der Waals surface area contributed by atoms with E-state index < -0.39 is 11.5 Å². The minimum Gasteiger partial charge on any atom is -0.480 e. The lowest BCUT2D eigenvalue weighted by atomic mass is 9.90. The molecule has 4 heteroatoms. The molecule has 2 aliphatic heterocycles. The van der Waals surface area contributed by atoms with Gasteiger partial charge in [-0.25, -0.2) is 0 Å². The van der Waals surface area contributed by atoms with Gasteiger partial charge in [-0.1, -0.05) is 13.3 Å². The first-order valence-corrected chi connectivity index (χ1v) is 7.29. The highest BCUT2D eigenvalue weighted by Gasteiger charge is 2.46. The number of ether oxygens (including phenoxy) is 1. The fourth-order valence-electron chi connectivity index (χ4n) is 3.48. The summed E-state index contributed by atoms with van der Waals surface area (Å²) in [5, 5.41) is 9.58. The number of hydrogen-bond donors (Lipinski definition) is 1. The summed E-state index contributed by atoms with van der Waals surface area (Å²) >= 11 is 0. The first-order valence-electron chi connectivity index (χ1n) is 7.29. The summed E-state index contributed by atoms with van der Waals surface area (Å²) in [4.78, 5) is 13.8. The highest BCUT2D eigenvalue weighted by Crippen LogP contribution is 2.34. The normalized spacial score (nSPS) is 33.1. The smallest absolute Gasteiger partial charge is 0.324 e. The third-order valence-corrected chi connectivity index (χ3v) is 4.43. The molecule has 0 amide bonds. The number of carbonyl (C=O) groups is 1. The average Bonchev–Trinajstić information content (AvgIpc) is 2.96.